The first-order valence-electron chi connectivity index (χ1n) is 13.8. The standard InChI is InChI=1S/C33H31N5O4/c1-3-25-13-7-10-16-30(25)37-31(35-29-15-9-8-14-28(29)32(37)39)23(2)36(22-21-24-11-5-4-6-12-24)33(40)34-26-17-19-27(20-18-26)38(41)42/h4-20,23H,3,21-22H2,1-2H3,(H,34,40). The number of non-ortho nitro benzene ring substituents is 1. The number of carbonyl (C=O) groups is 1. The van der Waals surface area contributed by atoms with Crippen LogP contribution in [0.1, 0.15) is 36.8 Å². The number of hydrogen-bond donors (Lipinski definition) is 1. The van der Waals surface area contributed by atoms with Crippen molar-refractivity contribution in [2.45, 2.75) is 32.7 Å². The number of para-hydroxylation sites is 2. The van der Waals surface area contributed by atoms with E-state index in [0.29, 0.717) is 41.8 Å². The lowest BCUT2D eigenvalue weighted by Crippen LogP contribution is -2.41. The van der Waals surface area contributed by atoms with Crippen molar-refractivity contribution in [1.29, 1.82) is 0 Å². The average Bonchev–Trinajstić information content (AvgIpc) is 3.02. The maximum absolute atomic E-state index is 14.0. The monoisotopic (exact) mass is 561 g/mol. The molecule has 1 aromatic heterocycles. The van der Waals surface area contributed by atoms with E-state index in [2.05, 4.69) is 5.32 Å². The molecule has 2 amide bonds. The van der Waals surface area contributed by atoms with Crippen molar-refractivity contribution < 1.29 is 9.72 Å². The van der Waals surface area contributed by atoms with Crippen LogP contribution in [-0.4, -0.2) is 32.0 Å². The molecule has 5 aromatic rings. The lowest BCUT2D eigenvalue weighted by Gasteiger charge is -2.31. The molecule has 0 aliphatic carbocycles. The van der Waals surface area contributed by atoms with E-state index in [1.807, 2.05) is 80.6 Å². The lowest BCUT2D eigenvalue weighted by molar-refractivity contribution is -0.384. The van der Waals surface area contributed by atoms with Gasteiger partial charge in [0.2, 0.25) is 0 Å². The third kappa shape index (κ3) is 5.90. The van der Waals surface area contributed by atoms with Gasteiger partial charge in [0.1, 0.15) is 5.82 Å². The number of benzene rings is 4. The van der Waals surface area contributed by atoms with Gasteiger partial charge < -0.3 is 10.2 Å². The van der Waals surface area contributed by atoms with Crippen molar-refractivity contribution in [3.05, 3.63) is 141 Å². The Morgan fingerprint density at radius 3 is 2.33 bits per heavy atom. The highest BCUT2D eigenvalue weighted by Crippen LogP contribution is 2.26. The summed E-state index contributed by atoms with van der Waals surface area (Å²) < 4.78 is 1.63. The molecule has 1 N–H and O–H groups in total. The molecule has 0 radical (unpaired) electrons. The molecule has 1 unspecified atom stereocenters. The molecule has 0 saturated carbocycles. The van der Waals surface area contributed by atoms with Crippen molar-refractivity contribution in [3.8, 4) is 5.69 Å². The molecule has 0 spiro atoms. The number of carbonyl (C=O) groups excluding carboxylic acids is 1. The lowest BCUT2D eigenvalue weighted by atomic mass is 10.1. The van der Waals surface area contributed by atoms with Gasteiger partial charge in [-0.15, -0.1) is 0 Å². The van der Waals surface area contributed by atoms with Gasteiger partial charge in [0, 0.05) is 24.4 Å². The second kappa shape index (κ2) is 12.5. The Morgan fingerprint density at radius 1 is 0.952 bits per heavy atom. The van der Waals surface area contributed by atoms with Gasteiger partial charge >= 0.3 is 6.03 Å². The topological polar surface area (TPSA) is 110 Å². The molecule has 1 atom stereocenters. The smallest absolute Gasteiger partial charge is 0.314 e. The van der Waals surface area contributed by atoms with Crippen LogP contribution in [-0.2, 0) is 12.8 Å². The van der Waals surface area contributed by atoms with Crippen molar-refractivity contribution in [2.75, 3.05) is 11.9 Å². The molecule has 0 aliphatic heterocycles. The van der Waals surface area contributed by atoms with Gasteiger partial charge in [-0.3, -0.25) is 19.5 Å². The first-order chi connectivity index (χ1) is 20.4. The number of fused-ring (bicyclic) bond motifs is 1. The predicted octanol–water partition coefficient (Wildman–Crippen LogP) is 6.69. The summed E-state index contributed by atoms with van der Waals surface area (Å²) in [5.74, 6) is 0.437. The normalized spacial score (nSPS) is 11.7. The largest absolute Gasteiger partial charge is 0.322 e. The average molecular weight is 562 g/mol. The van der Waals surface area contributed by atoms with Gasteiger partial charge in [0.05, 0.1) is 27.6 Å². The highest BCUT2D eigenvalue weighted by atomic mass is 16.6. The number of aryl methyl sites for hydroxylation is 1. The van der Waals surface area contributed by atoms with Crippen LogP contribution in [0.5, 0.6) is 0 Å². The van der Waals surface area contributed by atoms with Crippen LogP contribution in [0.2, 0.25) is 0 Å². The van der Waals surface area contributed by atoms with E-state index in [0.717, 1.165) is 16.8 Å². The van der Waals surface area contributed by atoms with Crippen molar-refractivity contribution >= 4 is 28.3 Å². The van der Waals surface area contributed by atoms with Crippen LogP contribution in [0.25, 0.3) is 16.6 Å². The molecule has 42 heavy (non-hydrogen) atoms. The number of nitrogens with zero attached hydrogens (tertiary/aromatic N) is 4. The Balaban J connectivity index is 1.60. The van der Waals surface area contributed by atoms with Crippen LogP contribution in [0.4, 0.5) is 16.2 Å². The quantitative estimate of drug-likeness (QED) is 0.159. The minimum absolute atomic E-state index is 0.0683. The first kappa shape index (κ1) is 28.2. The number of nitrogens with one attached hydrogen (secondary N) is 1. The van der Waals surface area contributed by atoms with E-state index < -0.39 is 17.0 Å². The van der Waals surface area contributed by atoms with E-state index in [4.69, 9.17) is 4.98 Å². The fraction of sp³-hybridized carbons (Fsp3) is 0.182. The second-order valence-electron chi connectivity index (χ2n) is 9.95. The molecular formula is C33H31N5O4. The first-order valence-corrected chi connectivity index (χ1v) is 13.8. The Labute approximate surface area is 243 Å². The fourth-order valence-corrected chi connectivity index (χ4v) is 5.06. The summed E-state index contributed by atoms with van der Waals surface area (Å²) in [5.41, 5.74) is 3.46. The second-order valence-corrected chi connectivity index (χ2v) is 9.95. The minimum Gasteiger partial charge on any atom is -0.314 e. The summed E-state index contributed by atoms with van der Waals surface area (Å²) in [6, 6.07) is 29.4. The molecule has 5 rings (SSSR count). The van der Waals surface area contributed by atoms with Gasteiger partial charge in [-0.2, -0.15) is 0 Å². The van der Waals surface area contributed by atoms with E-state index in [9.17, 15) is 19.7 Å². The van der Waals surface area contributed by atoms with Gasteiger partial charge in [-0.25, -0.2) is 9.78 Å². The fourth-order valence-electron chi connectivity index (χ4n) is 5.06. The maximum Gasteiger partial charge on any atom is 0.322 e. The minimum atomic E-state index is -0.617. The van der Waals surface area contributed by atoms with Crippen LogP contribution in [0.15, 0.2) is 108 Å². The van der Waals surface area contributed by atoms with Crippen LogP contribution >= 0.6 is 0 Å². The maximum atomic E-state index is 14.0. The van der Waals surface area contributed by atoms with Crippen LogP contribution < -0.4 is 10.9 Å². The number of rotatable bonds is 9. The summed E-state index contributed by atoms with van der Waals surface area (Å²) in [4.78, 5) is 45.1. The molecule has 0 fully saturated rings. The van der Waals surface area contributed by atoms with Crippen molar-refractivity contribution in [2.24, 2.45) is 0 Å². The number of nitro groups is 1. The van der Waals surface area contributed by atoms with Crippen molar-refractivity contribution in [1.82, 2.24) is 14.5 Å². The van der Waals surface area contributed by atoms with E-state index in [1.165, 1.54) is 24.3 Å². The number of aromatic nitrogens is 2. The van der Waals surface area contributed by atoms with E-state index >= 15 is 0 Å². The summed E-state index contributed by atoms with van der Waals surface area (Å²) >= 11 is 0. The van der Waals surface area contributed by atoms with Crippen molar-refractivity contribution in [3.63, 3.8) is 0 Å². The molecule has 4 aromatic carbocycles. The molecule has 0 aliphatic rings. The zero-order valence-corrected chi connectivity index (χ0v) is 23.4. The summed E-state index contributed by atoms with van der Waals surface area (Å²) in [6.07, 6.45) is 1.28. The molecule has 0 saturated heterocycles. The number of urea groups is 1. The van der Waals surface area contributed by atoms with Gasteiger partial charge in [0.25, 0.3) is 11.2 Å². The summed E-state index contributed by atoms with van der Waals surface area (Å²) in [7, 11) is 0. The SMILES string of the molecule is CCc1ccccc1-n1c(C(C)N(CCc2ccccc2)C(=O)Nc2ccc([N+](=O)[O-])cc2)nc2ccccc2c1=O. The van der Waals surface area contributed by atoms with Gasteiger partial charge in [0.15, 0.2) is 0 Å². The molecule has 0 bridgehead atoms. The third-order valence-electron chi connectivity index (χ3n) is 7.33. The van der Waals surface area contributed by atoms with Crippen LogP contribution in [0.3, 0.4) is 0 Å². The Kier molecular flexibility index (Phi) is 8.38. The highest BCUT2D eigenvalue weighted by molar-refractivity contribution is 5.89. The molecule has 1 heterocycles. The summed E-state index contributed by atoms with van der Waals surface area (Å²) in [5, 5.41) is 14.5. The zero-order chi connectivity index (χ0) is 29.6. The molecule has 212 valence electrons. The van der Waals surface area contributed by atoms with Gasteiger partial charge in [-0.1, -0.05) is 67.6 Å². The molecule has 9 nitrogen and oxygen atoms in total. The van der Waals surface area contributed by atoms with E-state index in [-0.39, 0.29) is 11.2 Å². The molecule has 9 heteroatoms. The Morgan fingerprint density at radius 2 is 1.62 bits per heavy atom. The third-order valence-corrected chi connectivity index (χ3v) is 7.33. The Hall–Kier alpha value is -5.31. The van der Waals surface area contributed by atoms with Crippen LogP contribution in [0, 0.1) is 10.1 Å². The number of hydrogen-bond acceptors (Lipinski definition) is 5. The Bertz CT molecular complexity index is 1780. The van der Waals surface area contributed by atoms with Gasteiger partial charge in [-0.05, 0) is 61.2 Å². The number of anilines is 1. The van der Waals surface area contributed by atoms with E-state index in [1.54, 1.807) is 21.6 Å². The summed E-state index contributed by atoms with van der Waals surface area (Å²) in [6.45, 7) is 4.23. The number of nitro benzene ring substituents is 1. The zero-order valence-electron chi connectivity index (χ0n) is 23.4. The molecular weight excluding hydrogens is 530 g/mol. The highest BCUT2D eigenvalue weighted by Gasteiger charge is 2.27. The predicted molar refractivity (Wildman–Crippen MR) is 164 cm³/mol. The number of amides is 2.